The molecule has 0 spiro atoms. The summed E-state index contributed by atoms with van der Waals surface area (Å²) in [6, 6.07) is 6.83. The van der Waals surface area contributed by atoms with Crippen molar-refractivity contribution in [3.8, 4) is 0 Å². The second-order valence-corrected chi connectivity index (χ2v) is 5.96. The van der Waals surface area contributed by atoms with Crippen molar-refractivity contribution in [2.24, 2.45) is 0 Å². The molecule has 6 heteroatoms. The van der Waals surface area contributed by atoms with Crippen LogP contribution in [0.4, 0.5) is 4.39 Å². The van der Waals surface area contributed by atoms with Crippen LogP contribution in [0.25, 0.3) is 0 Å². The molecule has 1 aromatic rings. The van der Waals surface area contributed by atoms with E-state index in [1.54, 1.807) is 6.07 Å². The monoisotopic (exact) mass is 322 g/mol. The fraction of sp³-hybridized carbons (Fsp3) is 0.529. The summed E-state index contributed by atoms with van der Waals surface area (Å²) in [6.45, 7) is 0.489. The smallest absolute Gasteiger partial charge is 0.322 e. The molecule has 1 saturated carbocycles. The van der Waals surface area contributed by atoms with Gasteiger partial charge in [0, 0.05) is 12.6 Å². The number of carboxylic acid groups (broad SMARTS) is 1. The molecule has 1 aromatic carbocycles. The van der Waals surface area contributed by atoms with Crippen LogP contribution >= 0.6 is 0 Å². The maximum absolute atomic E-state index is 13.2. The minimum absolute atomic E-state index is 0.188. The molecule has 1 aliphatic carbocycles. The van der Waals surface area contributed by atoms with E-state index in [0.717, 1.165) is 31.2 Å². The Morgan fingerprint density at radius 3 is 2.70 bits per heavy atom. The Labute approximate surface area is 135 Å². The van der Waals surface area contributed by atoms with Gasteiger partial charge in [0.25, 0.3) is 0 Å². The predicted molar refractivity (Wildman–Crippen MR) is 84.6 cm³/mol. The number of amides is 1. The number of hydrogen-bond acceptors (Lipinski definition) is 3. The number of carbonyl (C=O) groups excluding carboxylic acids is 1. The van der Waals surface area contributed by atoms with Crippen molar-refractivity contribution in [2.45, 2.75) is 38.1 Å². The molecule has 0 atom stereocenters. The average Bonchev–Trinajstić information content (AvgIpc) is 3.03. The summed E-state index contributed by atoms with van der Waals surface area (Å²) in [7, 11) is 0. The first-order valence-corrected chi connectivity index (χ1v) is 8.01. The Bertz CT molecular complexity index is 544. The lowest BCUT2D eigenvalue weighted by atomic mass is 10.1. The number of benzene rings is 1. The van der Waals surface area contributed by atoms with E-state index < -0.39 is 5.97 Å². The van der Waals surface area contributed by atoms with Gasteiger partial charge in [0.1, 0.15) is 12.4 Å². The number of nitrogens with zero attached hydrogens (tertiary/aromatic N) is 1. The molecule has 1 aliphatic rings. The quantitative estimate of drug-likeness (QED) is 0.766. The zero-order chi connectivity index (χ0) is 16.7. The van der Waals surface area contributed by atoms with Crippen molar-refractivity contribution in [1.29, 1.82) is 0 Å². The SMILES string of the molecule is O=C(O)CNC(=O)CN(CCc1cccc(F)c1)C1CCCC1. The van der Waals surface area contributed by atoms with Gasteiger partial charge in [0.2, 0.25) is 5.91 Å². The van der Waals surface area contributed by atoms with Crippen LogP contribution in [-0.4, -0.2) is 47.6 Å². The van der Waals surface area contributed by atoms with Crippen LogP contribution in [0.1, 0.15) is 31.2 Å². The number of rotatable bonds is 8. The number of nitrogens with one attached hydrogen (secondary N) is 1. The third-order valence-electron chi connectivity index (χ3n) is 4.20. The Morgan fingerprint density at radius 2 is 2.04 bits per heavy atom. The molecule has 0 aromatic heterocycles. The second kappa shape index (κ2) is 8.62. The molecule has 23 heavy (non-hydrogen) atoms. The summed E-state index contributed by atoms with van der Waals surface area (Å²) in [6.07, 6.45) is 5.07. The fourth-order valence-electron chi connectivity index (χ4n) is 3.04. The number of carbonyl (C=O) groups is 2. The first kappa shape index (κ1) is 17.4. The van der Waals surface area contributed by atoms with Crippen LogP contribution in [-0.2, 0) is 16.0 Å². The van der Waals surface area contributed by atoms with Crippen molar-refractivity contribution >= 4 is 11.9 Å². The van der Waals surface area contributed by atoms with E-state index in [0.29, 0.717) is 19.0 Å². The molecule has 126 valence electrons. The summed E-state index contributed by atoms with van der Waals surface area (Å²) < 4.78 is 13.2. The van der Waals surface area contributed by atoms with E-state index in [2.05, 4.69) is 10.2 Å². The van der Waals surface area contributed by atoms with Gasteiger partial charge in [-0.1, -0.05) is 25.0 Å². The van der Waals surface area contributed by atoms with Crippen molar-refractivity contribution in [3.63, 3.8) is 0 Å². The zero-order valence-electron chi connectivity index (χ0n) is 13.1. The van der Waals surface area contributed by atoms with Gasteiger partial charge >= 0.3 is 5.97 Å². The number of halogens is 1. The highest BCUT2D eigenvalue weighted by Crippen LogP contribution is 2.23. The Hall–Kier alpha value is -1.95. The lowest BCUT2D eigenvalue weighted by Gasteiger charge is -2.28. The van der Waals surface area contributed by atoms with E-state index in [4.69, 9.17) is 5.11 Å². The molecular formula is C17H23FN2O3. The van der Waals surface area contributed by atoms with Crippen molar-refractivity contribution in [2.75, 3.05) is 19.6 Å². The summed E-state index contributed by atoms with van der Waals surface area (Å²) >= 11 is 0. The fourth-order valence-corrected chi connectivity index (χ4v) is 3.04. The third-order valence-corrected chi connectivity index (χ3v) is 4.20. The highest BCUT2D eigenvalue weighted by molar-refractivity contribution is 5.82. The molecule has 1 amide bonds. The maximum Gasteiger partial charge on any atom is 0.322 e. The molecule has 2 N–H and O–H groups in total. The predicted octanol–water partition coefficient (Wildman–Crippen LogP) is 1.81. The number of carboxylic acids is 1. The first-order chi connectivity index (χ1) is 11.0. The van der Waals surface area contributed by atoms with Gasteiger partial charge in [-0.2, -0.15) is 0 Å². The molecule has 2 rings (SSSR count). The van der Waals surface area contributed by atoms with E-state index in [1.165, 1.54) is 12.1 Å². The van der Waals surface area contributed by atoms with Crippen LogP contribution in [0, 0.1) is 5.82 Å². The molecule has 0 aliphatic heterocycles. The van der Waals surface area contributed by atoms with Crippen LogP contribution in [0.5, 0.6) is 0 Å². The topological polar surface area (TPSA) is 69.6 Å². The summed E-state index contributed by atoms with van der Waals surface area (Å²) in [4.78, 5) is 24.5. The second-order valence-electron chi connectivity index (χ2n) is 5.96. The van der Waals surface area contributed by atoms with Crippen molar-refractivity contribution < 1.29 is 19.1 Å². The third kappa shape index (κ3) is 5.98. The lowest BCUT2D eigenvalue weighted by molar-refractivity contribution is -0.138. The van der Waals surface area contributed by atoms with Gasteiger partial charge < -0.3 is 10.4 Å². The van der Waals surface area contributed by atoms with Crippen LogP contribution < -0.4 is 5.32 Å². The molecule has 5 nitrogen and oxygen atoms in total. The Balaban J connectivity index is 1.91. The molecule has 0 radical (unpaired) electrons. The van der Waals surface area contributed by atoms with Gasteiger partial charge in [-0.15, -0.1) is 0 Å². The van der Waals surface area contributed by atoms with Gasteiger partial charge in [-0.3, -0.25) is 14.5 Å². The standard InChI is InChI=1S/C17H23FN2O3/c18-14-5-3-4-13(10-14)8-9-20(15-6-1-2-7-15)12-16(21)19-11-17(22)23/h3-5,10,15H,1-2,6-9,11-12H2,(H,19,21)(H,22,23). The van der Waals surface area contributed by atoms with Crippen molar-refractivity contribution in [3.05, 3.63) is 35.6 Å². The summed E-state index contributed by atoms with van der Waals surface area (Å²) in [5.74, 6) is -1.59. The van der Waals surface area contributed by atoms with Gasteiger partial charge in [0.15, 0.2) is 0 Å². The first-order valence-electron chi connectivity index (χ1n) is 8.01. The molecule has 0 saturated heterocycles. The van der Waals surface area contributed by atoms with E-state index in [1.807, 2.05) is 6.07 Å². The van der Waals surface area contributed by atoms with E-state index in [9.17, 15) is 14.0 Å². The maximum atomic E-state index is 13.2. The molecule has 1 fully saturated rings. The van der Waals surface area contributed by atoms with Crippen LogP contribution in [0.2, 0.25) is 0 Å². The summed E-state index contributed by atoms with van der Waals surface area (Å²) in [5, 5.41) is 11.0. The van der Waals surface area contributed by atoms with Gasteiger partial charge in [-0.25, -0.2) is 4.39 Å². The molecule has 0 heterocycles. The Morgan fingerprint density at radius 1 is 1.30 bits per heavy atom. The van der Waals surface area contributed by atoms with Gasteiger partial charge in [-0.05, 0) is 37.0 Å². The zero-order valence-corrected chi connectivity index (χ0v) is 13.1. The largest absolute Gasteiger partial charge is 0.480 e. The van der Waals surface area contributed by atoms with Gasteiger partial charge in [0.05, 0.1) is 6.54 Å². The molecular weight excluding hydrogens is 299 g/mol. The highest BCUT2D eigenvalue weighted by Gasteiger charge is 2.24. The number of aliphatic carboxylic acids is 1. The van der Waals surface area contributed by atoms with E-state index in [-0.39, 0.29) is 24.8 Å². The van der Waals surface area contributed by atoms with Crippen LogP contribution in [0.3, 0.4) is 0 Å². The minimum atomic E-state index is -1.05. The normalized spacial score (nSPS) is 15.0. The van der Waals surface area contributed by atoms with Crippen LogP contribution in [0.15, 0.2) is 24.3 Å². The van der Waals surface area contributed by atoms with E-state index >= 15 is 0 Å². The van der Waals surface area contributed by atoms with Crippen molar-refractivity contribution in [1.82, 2.24) is 10.2 Å². The Kier molecular flexibility index (Phi) is 6.52. The minimum Gasteiger partial charge on any atom is -0.480 e. The molecule has 0 unspecified atom stereocenters. The molecule has 0 bridgehead atoms. The number of hydrogen-bond donors (Lipinski definition) is 2. The average molecular weight is 322 g/mol. The lowest BCUT2D eigenvalue weighted by Crippen LogP contribution is -2.44. The highest BCUT2D eigenvalue weighted by atomic mass is 19.1. The summed E-state index contributed by atoms with van der Waals surface area (Å²) in [5.41, 5.74) is 0.902.